The average Bonchev–Trinajstić information content (AvgIpc) is 2.78. The summed E-state index contributed by atoms with van der Waals surface area (Å²) >= 11 is 0. The largest absolute Gasteiger partial charge is 0.504 e. The van der Waals surface area contributed by atoms with Gasteiger partial charge in [-0.25, -0.2) is 0 Å². The van der Waals surface area contributed by atoms with E-state index in [0.717, 1.165) is 41.5 Å². The van der Waals surface area contributed by atoms with E-state index in [-0.39, 0.29) is 17.3 Å². The van der Waals surface area contributed by atoms with Gasteiger partial charge in [0.2, 0.25) is 0 Å². The van der Waals surface area contributed by atoms with E-state index in [1.165, 1.54) is 14.2 Å². The number of allylic oxidation sites excluding steroid dienone is 6. The van der Waals surface area contributed by atoms with Gasteiger partial charge in [0.05, 0.1) is 14.2 Å². The predicted molar refractivity (Wildman–Crippen MR) is 122 cm³/mol. The first kappa shape index (κ1) is 22.0. The van der Waals surface area contributed by atoms with Crippen molar-refractivity contribution in [2.45, 2.75) is 19.3 Å². The quantitative estimate of drug-likeness (QED) is 0.610. The monoisotopic (exact) mass is 418 g/mol. The van der Waals surface area contributed by atoms with Crippen molar-refractivity contribution in [3.05, 3.63) is 83.0 Å². The van der Waals surface area contributed by atoms with Crippen molar-refractivity contribution in [3.63, 3.8) is 0 Å². The third-order valence-corrected chi connectivity index (χ3v) is 5.06. The number of Topliss-reactive ketones (excluding diaryl/α,β-unsaturated/α-hetero) is 1. The summed E-state index contributed by atoms with van der Waals surface area (Å²) in [5.74, 6) is 1.06. The van der Waals surface area contributed by atoms with Crippen LogP contribution in [-0.2, 0) is 4.79 Å². The number of aromatic hydroxyl groups is 2. The summed E-state index contributed by atoms with van der Waals surface area (Å²) in [6, 6.07) is 10.2. The molecule has 0 bridgehead atoms. The van der Waals surface area contributed by atoms with E-state index in [2.05, 4.69) is 0 Å². The first-order valence-electron chi connectivity index (χ1n) is 10.0. The molecule has 0 unspecified atom stereocenters. The minimum absolute atomic E-state index is 0.0622. The van der Waals surface area contributed by atoms with E-state index in [0.29, 0.717) is 11.5 Å². The molecule has 1 fully saturated rings. The molecule has 0 aliphatic heterocycles. The molecule has 0 spiro atoms. The van der Waals surface area contributed by atoms with Crippen LogP contribution in [0.2, 0.25) is 0 Å². The van der Waals surface area contributed by atoms with E-state index >= 15 is 0 Å². The standard InChI is InChI=1S/C26H26O5/c1-30-24-16-18(12-14-22(24)27)6-3-8-20-10-5-11-21(26(20)29)9-4-7-19-13-15-23(28)25(17-19)31-2/h3-4,6-9,12-17,27-28H,5,10-11H2,1-2H3/b6-3-,7-4+,20-8-,21-9+. The topological polar surface area (TPSA) is 76.0 Å². The van der Waals surface area contributed by atoms with Gasteiger partial charge in [-0.1, -0.05) is 48.6 Å². The number of benzene rings is 2. The molecule has 2 N–H and O–H groups in total. The Labute approximate surface area is 182 Å². The van der Waals surface area contributed by atoms with Gasteiger partial charge in [-0.05, 0) is 65.8 Å². The first-order chi connectivity index (χ1) is 15.0. The van der Waals surface area contributed by atoms with E-state index in [1.807, 2.05) is 36.5 Å². The van der Waals surface area contributed by atoms with E-state index in [4.69, 9.17) is 9.47 Å². The summed E-state index contributed by atoms with van der Waals surface area (Å²) in [4.78, 5) is 12.8. The minimum Gasteiger partial charge on any atom is -0.504 e. The number of carbonyl (C=O) groups excluding carboxylic acids is 1. The van der Waals surface area contributed by atoms with Gasteiger partial charge in [0.15, 0.2) is 28.8 Å². The fourth-order valence-corrected chi connectivity index (χ4v) is 3.37. The number of carbonyl (C=O) groups is 1. The molecule has 160 valence electrons. The highest BCUT2D eigenvalue weighted by molar-refractivity contribution is 6.09. The Hall–Kier alpha value is -3.73. The second kappa shape index (κ2) is 10.3. The molecule has 0 heterocycles. The maximum atomic E-state index is 12.8. The summed E-state index contributed by atoms with van der Waals surface area (Å²) in [6.45, 7) is 0. The molecule has 2 aromatic carbocycles. The van der Waals surface area contributed by atoms with Gasteiger partial charge in [-0.15, -0.1) is 0 Å². The molecular weight excluding hydrogens is 392 g/mol. The molecule has 1 saturated carbocycles. The third-order valence-electron chi connectivity index (χ3n) is 5.06. The zero-order chi connectivity index (χ0) is 22.2. The lowest BCUT2D eigenvalue weighted by Crippen LogP contribution is -2.12. The molecule has 1 aliphatic rings. The highest BCUT2D eigenvalue weighted by Crippen LogP contribution is 2.29. The summed E-state index contributed by atoms with van der Waals surface area (Å²) in [7, 11) is 3.01. The zero-order valence-corrected chi connectivity index (χ0v) is 17.7. The normalized spacial score (nSPS) is 17.2. The Morgan fingerprint density at radius 3 is 1.65 bits per heavy atom. The molecule has 5 nitrogen and oxygen atoms in total. The number of rotatable bonds is 6. The Balaban J connectivity index is 1.70. The molecule has 0 saturated heterocycles. The van der Waals surface area contributed by atoms with Gasteiger partial charge < -0.3 is 19.7 Å². The van der Waals surface area contributed by atoms with Crippen molar-refractivity contribution in [2.75, 3.05) is 14.2 Å². The summed E-state index contributed by atoms with van der Waals surface area (Å²) in [6.07, 6.45) is 13.6. The van der Waals surface area contributed by atoms with Gasteiger partial charge in [-0.2, -0.15) is 0 Å². The van der Waals surface area contributed by atoms with Gasteiger partial charge in [0.25, 0.3) is 0 Å². The molecule has 5 heteroatoms. The number of methoxy groups -OCH3 is 2. The second-order valence-corrected chi connectivity index (χ2v) is 7.15. The third kappa shape index (κ3) is 5.66. The smallest absolute Gasteiger partial charge is 0.184 e. The molecule has 3 rings (SSSR count). The molecule has 0 aromatic heterocycles. The van der Waals surface area contributed by atoms with Crippen molar-refractivity contribution in [3.8, 4) is 23.0 Å². The van der Waals surface area contributed by atoms with Crippen LogP contribution in [0.1, 0.15) is 30.4 Å². The number of hydrogen-bond donors (Lipinski definition) is 2. The highest BCUT2D eigenvalue weighted by Gasteiger charge is 2.19. The molecule has 0 radical (unpaired) electrons. The zero-order valence-electron chi connectivity index (χ0n) is 17.7. The maximum absolute atomic E-state index is 12.8. The average molecular weight is 418 g/mol. The van der Waals surface area contributed by atoms with Crippen molar-refractivity contribution in [1.29, 1.82) is 0 Å². The van der Waals surface area contributed by atoms with E-state index < -0.39 is 0 Å². The van der Waals surface area contributed by atoms with Gasteiger partial charge >= 0.3 is 0 Å². The van der Waals surface area contributed by atoms with Crippen molar-refractivity contribution in [2.24, 2.45) is 0 Å². The number of ether oxygens (including phenoxy) is 2. The lowest BCUT2D eigenvalue weighted by atomic mass is 9.88. The summed E-state index contributed by atoms with van der Waals surface area (Å²) < 4.78 is 10.2. The molecular formula is C26H26O5. The van der Waals surface area contributed by atoms with Gasteiger partial charge in [-0.3, -0.25) is 4.79 Å². The number of phenolic OH excluding ortho intramolecular Hbond substituents is 2. The summed E-state index contributed by atoms with van der Waals surface area (Å²) in [5.41, 5.74) is 3.30. The van der Waals surface area contributed by atoms with Crippen LogP contribution in [0, 0.1) is 0 Å². The van der Waals surface area contributed by atoms with Gasteiger partial charge in [0, 0.05) is 0 Å². The molecule has 0 amide bonds. The SMILES string of the molecule is COc1cc(/C=C\C=C2\CCC/C(=C\C=C\c3ccc(O)c(OC)c3)C2=O)ccc1O. The van der Waals surface area contributed by atoms with Crippen LogP contribution in [0.3, 0.4) is 0 Å². The van der Waals surface area contributed by atoms with Crippen LogP contribution in [0.25, 0.3) is 12.2 Å². The Morgan fingerprint density at radius 2 is 1.23 bits per heavy atom. The van der Waals surface area contributed by atoms with Crippen molar-refractivity contribution >= 4 is 17.9 Å². The van der Waals surface area contributed by atoms with E-state index in [1.54, 1.807) is 36.4 Å². The Bertz CT molecular complexity index is 990. The first-order valence-corrected chi connectivity index (χ1v) is 10.0. The van der Waals surface area contributed by atoms with Crippen LogP contribution in [0.5, 0.6) is 23.0 Å². The van der Waals surface area contributed by atoms with Crippen LogP contribution < -0.4 is 9.47 Å². The van der Waals surface area contributed by atoms with Crippen molar-refractivity contribution in [1.82, 2.24) is 0 Å². The van der Waals surface area contributed by atoms with Crippen LogP contribution in [0.4, 0.5) is 0 Å². The number of hydrogen-bond acceptors (Lipinski definition) is 5. The maximum Gasteiger partial charge on any atom is 0.184 e. The van der Waals surface area contributed by atoms with Crippen molar-refractivity contribution < 1.29 is 24.5 Å². The number of phenols is 2. The fourth-order valence-electron chi connectivity index (χ4n) is 3.37. The van der Waals surface area contributed by atoms with Crippen LogP contribution in [-0.4, -0.2) is 30.2 Å². The second-order valence-electron chi connectivity index (χ2n) is 7.15. The van der Waals surface area contributed by atoms with Crippen LogP contribution in [0.15, 0.2) is 71.8 Å². The molecule has 31 heavy (non-hydrogen) atoms. The summed E-state index contributed by atoms with van der Waals surface area (Å²) in [5, 5.41) is 19.4. The van der Waals surface area contributed by atoms with Gasteiger partial charge in [0.1, 0.15) is 0 Å². The Kier molecular flexibility index (Phi) is 7.33. The van der Waals surface area contributed by atoms with E-state index in [9.17, 15) is 15.0 Å². The highest BCUT2D eigenvalue weighted by atomic mass is 16.5. The Morgan fingerprint density at radius 1 is 0.774 bits per heavy atom. The lowest BCUT2D eigenvalue weighted by molar-refractivity contribution is -0.113. The molecule has 0 atom stereocenters. The minimum atomic E-state index is 0.0622. The predicted octanol–water partition coefficient (Wildman–Crippen LogP) is 5.45. The van der Waals surface area contributed by atoms with Crippen LogP contribution >= 0.6 is 0 Å². The fraction of sp³-hybridized carbons (Fsp3) is 0.192. The number of ketones is 1. The molecule has 2 aromatic rings. The molecule has 1 aliphatic carbocycles. The lowest BCUT2D eigenvalue weighted by Gasteiger charge is -2.15.